The van der Waals surface area contributed by atoms with Crippen LogP contribution in [0.25, 0.3) is 0 Å². The summed E-state index contributed by atoms with van der Waals surface area (Å²) in [6.07, 6.45) is -95.4. The van der Waals surface area contributed by atoms with Crippen LogP contribution in [0.2, 0.25) is 0 Å². The van der Waals surface area contributed by atoms with Crippen LogP contribution < -0.4 is 21.9 Å². The van der Waals surface area contributed by atoms with Gasteiger partial charge < -0.3 is 18.9 Å². The minimum atomic E-state index is -7.54. The van der Waals surface area contributed by atoms with Gasteiger partial charge in [0.05, 0.1) is 22.3 Å². The number of hydrogen-bond acceptors (Lipinski definition) is 4. The third-order valence-electron chi connectivity index (χ3n) is 13.2. The molecule has 0 saturated carbocycles. The number of methoxy groups -OCH3 is 4. The summed E-state index contributed by atoms with van der Waals surface area (Å²) < 4.78 is 559. The van der Waals surface area contributed by atoms with E-state index in [0.717, 1.165) is 0 Å². The van der Waals surface area contributed by atoms with Gasteiger partial charge in [-0.1, -0.05) is 48.5 Å². The molecule has 4 aromatic carbocycles. The second-order valence-electron chi connectivity index (χ2n) is 17.8. The Labute approximate surface area is 469 Å². The SMILES string of the molecule is COC(c1cc([B-](c2cc(C(F)(F)F)cc(C(OC)(C(F)(F)F)C(F)(F)F)c2)(c2cc(C(F)(F)F)cc(C(OC)(C(F)(F)F)C(F)(F)F)c2)c2cc(C(F)(F)F)cc(C(OC)(C(F)(F)F)C(F)(F)F)c2)cc(C(F)(F)F)c1)(C(F)(F)F)C(F)(F)F.[Ag+]. The van der Waals surface area contributed by atoms with Crippen molar-refractivity contribution in [2.75, 3.05) is 28.4 Å². The van der Waals surface area contributed by atoms with E-state index in [1.54, 1.807) is 0 Å². The van der Waals surface area contributed by atoms with Crippen LogP contribution in [0.5, 0.6) is 0 Å². The molecule has 0 aliphatic heterocycles. The number of hydrogen-bond donors (Lipinski definition) is 0. The summed E-state index contributed by atoms with van der Waals surface area (Å²) in [7, 11) is -3.14. The van der Waals surface area contributed by atoms with E-state index in [0.29, 0.717) is 0 Å². The van der Waals surface area contributed by atoms with Gasteiger partial charge in [0, 0.05) is 28.4 Å². The molecule has 0 unspecified atom stereocenters. The molecular weight excluding hydrogens is 1400 g/mol. The zero-order chi connectivity index (χ0) is 66.7. The molecule has 0 aliphatic carbocycles. The van der Waals surface area contributed by atoms with Crippen molar-refractivity contribution in [3.05, 3.63) is 117 Å². The van der Waals surface area contributed by atoms with E-state index in [1.165, 1.54) is 0 Å². The largest absolute Gasteiger partial charge is 1.00 e. The maximum Gasteiger partial charge on any atom is 1.00 e. The summed E-state index contributed by atoms with van der Waals surface area (Å²) >= 11 is 0. The van der Waals surface area contributed by atoms with Crippen LogP contribution in [0.3, 0.4) is 0 Å². The molecule has 0 amide bonds. The quantitative estimate of drug-likeness (QED) is 0.105. The molecule has 42 heteroatoms. The summed E-state index contributed by atoms with van der Waals surface area (Å²) in [4.78, 5) is 0. The fourth-order valence-electron chi connectivity index (χ4n) is 9.58. The summed E-state index contributed by atoms with van der Waals surface area (Å²) in [5.74, 6) is 0. The molecule has 0 aromatic heterocycles. The first-order valence-electron chi connectivity index (χ1n) is 21.3. The van der Waals surface area contributed by atoms with Gasteiger partial charge in [0.25, 0.3) is 22.4 Å². The Kier molecular flexibility index (Phi) is 19.7. The van der Waals surface area contributed by atoms with Crippen molar-refractivity contribution in [2.24, 2.45) is 0 Å². The molecule has 490 valence electrons. The van der Waals surface area contributed by atoms with Gasteiger partial charge in [0.2, 0.25) is 0 Å². The van der Waals surface area contributed by atoms with Crippen LogP contribution >= 0.6 is 0 Å². The monoisotopic (exact) mass is 1420 g/mol. The number of halogens is 36. The second kappa shape index (κ2) is 22.5. The van der Waals surface area contributed by atoms with Crippen LogP contribution in [0.4, 0.5) is 158 Å². The van der Waals surface area contributed by atoms with Crippen molar-refractivity contribution in [2.45, 2.75) is 96.5 Å². The molecule has 4 aromatic rings. The average Bonchev–Trinajstić information content (AvgIpc) is 0.707. The summed E-state index contributed by atoms with van der Waals surface area (Å²) in [5, 5.41) is 0. The molecule has 0 aliphatic rings. The van der Waals surface area contributed by atoms with E-state index in [-0.39, 0.29) is 22.4 Å². The molecule has 86 heavy (non-hydrogen) atoms. The molecule has 0 bridgehead atoms. The maximum atomic E-state index is 15.2. The first-order valence-corrected chi connectivity index (χ1v) is 21.3. The first-order chi connectivity index (χ1) is 37.5. The Balaban J connectivity index is 0.0000194. The van der Waals surface area contributed by atoms with Crippen molar-refractivity contribution < 1.29 is 199 Å². The molecular formula is C44H24AgBF36O4. The Hall–Kier alpha value is -4.99. The number of rotatable bonds is 12. The van der Waals surface area contributed by atoms with Crippen LogP contribution in [-0.2, 0) is 88.4 Å². The van der Waals surface area contributed by atoms with E-state index in [1.807, 2.05) is 0 Å². The van der Waals surface area contributed by atoms with E-state index >= 15 is 158 Å². The molecule has 0 spiro atoms. The molecule has 0 fully saturated rings. The predicted molar refractivity (Wildman–Crippen MR) is 213 cm³/mol. The Morgan fingerprint density at radius 2 is 0.326 bits per heavy atom. The van der Waals surface area contributed by atoms with Gasteiger partial charge >= 0.3 is 96.5 Å². The third-order valence-corrected chi connectivity index (χ3v) is 13.2. The molecule has 4 rings (SSSR count). The minimum Gasteiger partial charge on any atom is -0.357 e. The smallest absolute Gasteiger partial charge is 0.357 e. The fourth-order valence-corrected chi connectivity index (χ4v) is 9.58. The Bertz CT molecular complexity index is 2600. The van der Waals surface area contributed by atoms with E-state index < -0.39 is 270 Å². The summed E-state index contributed by atoms with van der Waals surface area (Å²) in [6, 6.07) is -17.6. The molecule has 0 N–H and O–H groups in total. The van der Waals surface area contributed by atoms with Gasteiger partial charge in [-0.05, 0) is 46.5 Å². The minimum absolute atomic E-state index is 0. The zero-order valence-electron chi connectivity index (χ0n) is 41.0. The van der Waals surface area contributed by atoms with E-state index in [2.05, 4.69) is 18.9 Å². The average molecular weight is 1420 g/mol. The predicted octanol–water partition coefficient (Wildman–Crippen LogP) is 15.0. The van der Waals surface area contributed by atoms with Crippen LogP contribution in [0, 0.1) is 0 Å². The number of benzene rings is 4. The number of alkyl halides is 36. The summed E-state index contributed by atoms with van der Waals surface area (Å²) in [5.41, 5.74) is -68.0. The van der Waals surface area contributed by atoms with Gasteiger partial charge in [-0.25, -0.2) is 0 Å². The molecule has 0 saturated heterocycles. The van der Waals surface area contributed by atoms with Crippen LogP contribution in [-0.4, -0.2) is 84.0 Å². The fraction of sp³-hybridized carbons (Fsp3) is 0.455. The Morgan fingerprint density at radius 1 is 0.209 bits per heavy atom. The van der Waals surface area contributed by atoms with Gasteiger partial charge in [-0.3, -0.25) is 0 Å². The first kappa shape index (κ1) is 75.3. The van der Waals surface area contributed by atoms with E-state index in [9.17, 15) is 0 Å². The third kappa shape index (κ3) is 12.1. The molecule has 4 nitrogen and oxygen atoms in total. The molecule has 0 atom stereocenters. The van der Waals surface area contributed by atoms with Crippen molar-refractivity contribution in [1.82, 2.24) is 0 Å². The normalized spacial score (nSPS) is 15.1. The van der Waals surface area contributed by atoms with Crippen molar-refractivity contribution >= 4 is 28.0 Å². The standard InChI is InChI=1S/C44H24BF36O4.Ag/c1-82-29(37(58,59)60,38(61,62)63)17-5-21(33(46,47)48)13-25(9-17)45(26-10-18(6-22(14-26)34(49,50)51)30(83-2,39(64,65)66)40(67,68)69,27-11-19(7-23(15-27)35(52,53)54)31(84-3,41(70,71)72)42(73,74)75)28-12-20(8-24(16-28)36(55,56)57)32(85-4,43(76,77)78)44(79,80)81;/h5-16H,1-4H3;/q-1;+1. The van der Waals surface area contributed by atoms with Gasteiger partial charge in [-0.2, -0.15) is 180 Å². The van der Waals surface area contributed by atoms with Crippen LogP contribution in [0.15, 0.2) is 72.8 Å². The summed E-state index contributed by atoms with van der Waals surface area (Å²) in [6.45, 7) is 0. The second-order valence-corrected chi connectivity index (χ2v) is 17.8. The maximum absolute atomic E-state index is 15.2. The van der Waals surface area contributed by atoms with Crippen LogP contribution in [0.1, 0.15) is 44.5 Å². The number of ether oxygens (including phenoxy) is 4. The Morgan fingerprint density at radius 3 is 0.419 bits per heavy atom. The van der Waals surface area contributed by atoms with Gasteiger partial charge in [-0.15, -0.1) is 0 Å². The van der Waals surface area contributed by atoms with Crippen molar-refractivity contribution in [3.8, 4) is 0 Å². The van der Waals surface area contributed by atoms with Gasteiger partial charge in [0.15, 0.2) is 0 Å². The van der Waals surface area contributed by atoms with E-state index in [4.69, 9.17) is 0 Å². The van der Waals surface area contributed by atoms with Crippen molar-refractivity contribution in [1.29, 1.82) is 0 Å². The topological polar surface area (TPSA) is 36.9 Å². The van der Waals surface area contributed by atoms with Gasteiger partial charge in [0.1, 0.15) is 6.15 Å². The molecule has 0 radical (unpaired) electrons. The molecule has 0 heterocycles. The zero-order valence-corrected chi connectivity index (χ0v) is 42.5. The van der Waals surface area contributed by atoms with Crippen molar-refractivity contribution in [3.63, 3.8) is 0 Å².